The van der Waals surface area contributed by atoms with Crippen LogP contribution in [0.15, 0.2) is 89.4 Å². The second-order valence-electron chi connectivity index (χ2n) is 6.15. The second-order valence-corrected chi connectivity index (χ2v) is 7.07. The van der Waals surface area contributed by atoms with Crippen LogP contribution < -0.4 is 0 Å². The van der Waals surface area contributed by atoms with E-state index in [4.69, 9.17) is 9.97 Å². The van der Waals surface area contributed by atoms with E-state index in [1.807, 2.05) is 54.6 Å². The number of aromatic nitrogens is 2. The Morgan fingerprint density at radius 2 is 1.35 bits per heavy atom. The predicted molar refractivity (Wildman–Crippen MR) is 111 cm³/mol. The molecule has 0 amide bonds. The van der Waals surface area contributed by atoms with Gasteiger partial charge in [-0.05, 0) is 30.7 Å². The molecule has 0 saturated carbocycles. The minimum Gasteiger partial charge on any atom is -0.228 e. The topological polar surface area (TPSA) is 25.8 Å². The van der Waals surface area contributed by atoms with E-state index < -0.39 is 0 Å². The number of aryl methyl sites for hydroxylation is 1. The number of nitrogens with zero attached hydrogens (tertiary/aromatic N) is 2. The molecular weight excluding hydrogens is 384 g/mol. The quantitative estimate of drug-likeness (QED) is 0.389. The zero-order valence-electron chi connectivity index (χ0n) is 14.4. The van der Waals surface area contributed by atoms with Crippen LogP contribution in [0.3, 0.4) is 0 Å². The molecule has 0 radical (unpaired) electrons. The monoisotopic (exact) mass is 400 g/mol. The summed E-state index contributed by atoms with van der Waals surface area (Å²) in [5.41, 5.74) is 6.27. The third-order valence-corrected chi connectivity index (χ3v) is 4.79. The van der Waals surface area contributed by atoms with E-state index in [9.17, 15) is 0 Å². The maximum Gasteiger partial charge on any atom is 0.160 e. The highest BCUT2D eigenvalue weighted by atomic mass is 79.9. The summed E-state index contributed by atoms with van der Waals surface area (Å²) in [5, 5.41) is 0. The van der Waals surface area contributed by atoms with E-state index in [1.165, 1.54) is 5.56 Å². The lowest BCUT2D eigenvalue weighted by molar-refractivity contribution is 1.18. The average molecular weight is 401 g/mol. The van der Waals surface area contributed by atoms with Crippen LogP contribution in [0.4, 0.5) is 0 Å². The molecular formula is C23H17BrN2. The molecule has 0 atom stereocenters. The highest BCUT2D eigenvalue weighted by molar-refractivity contribution is 9.10. The molecule has 4 rings (SSSR count). The zero-order valence-corrected chi connectivity index (χ0v) is 15.9. The van der Waals surface area contributed by atoms with Crippen molar-refractivity contribution < 1.29 is 0 Å². The molecule has 0 fully saturated rings. The van der Waals surface area contributed by atoms with Gasteiger partial charge in [0.25, 0.3) is 0 Å². The fourth-order valence-electron chi connectivity index (χ4n) is 2.96. The first-order chi connectivity index (χ1) is 12.7. The van der Waals surface area contributed by atoms with Gasteiger partial charge in [-0.2, -0.15) is 0 Å². The third kappa shape index (κ3) is 3.44. The molecule has 126 valence electrons. The highest BCUT2D eigenvalue weighted by Crippen LogP contribution is 2.29. The van der Waals surface area contributed by atoms with Gasteiger partial charge in [0.15, 0.2) is 5.82 Å². The van der Waals surface area contributed by atoms with Gasteiger partial charge in [0.05, 0.1) is 11.4 Å². The number of halogens is 1. The van der Waals surface area contributed by atoms with E-state index in [-0.39, 0.29) is 0 Å². The summed E-state index contributed by atoms with van der Waals surface area (Å²) in [6, 6.07) is 28.7. The molecule has 1 aromatic heterocycles. The SMILES string of the molecule is Cc1ccccc1-c1cc(-c2ccccc2)nc(-c2cccc(Br)c2)n1. The van der Waals surface area contributed by atoms with Gasteiger partial charge in [-0.1, -0.05) is 82.7 Å². The highest BCUT2D eigenvalue weighted by Gasteiger charge is 2.11. The normalized spacial score (nSPS) is 10.7. The van der Waals surface area contributed by atoms with E-state index in [0.29, 0.717) is 0 Å². The molecule has 0 aliphatic heterocycles. The van der Waals surface area contributed by atoms with Crippen LogP contribution in [0, 0.1) is 6.92 Å². The van der Waals surface area contributed by atoms with Gasteiger partial charge in [-0.15, -0.1) is 0 Å². The van der Waals surface area contributed by atoms with E-state index in [1.54, 1.807) is 0 Å². The zero-order chi connectivity index (χ0) is 17.9. The van der Waals surface area contributed by atoms with Gasteiger partial charge in [0, 0.05) is 21.2 Å². The standard InChI is InChI=1S/C23H17BrN2/c1-16-8-5-6-13-20(16)22-15-21(17-9-3-2-4-10-17)25-23(26-22)18-11-7-12-19(24)14-18/h2-15H,1H3. The molecule has 2 nitrogen and oxygen atoms in total. The second kappa shape index (κ2) is 7.22. The summed E-state index contributed by atoms with van der Waals surface area (Å²) in [4.78, 5) is 9.71. The smallest absolute Gasteiger partial charge is 0.160 e. The Balaban J connectivity index is 1.95. The molecule has 0 bridgehead atoms. The van der Waals surface area contributed by atoms with Crippen molar-refractivity contribution in [1.82, 2.24) is 9.97 Å². The molecule has 3 heteroatoms. The molecule has 26 heavy (non-hydrogen) atoms. The molecule has 0 aliphatic carbocycles. The summed E-state index contributed by atoms with van der Waals surface area (Å²) in [7, 11) is 0. The molecule has 0 spiro atoms. The van der Waals surface area contributed by atoms with Crippen LogP contribution in [-0.2, 0) is 0 Å². The molecule has 3 aromatic carbocycles. The van der Waals surface area contributed by atoms with E-state index in [0.717, 1.165) is 38.4 Å². The van der Waals surface area contributed by atoms with Gasteiger partial charge in [0.2, 0.25) is 0 Å². The Morgan fingerprint density at radius 1 is 0.654 bits per heavy atom. The van der Waals surface area contributed by atoms with Gasteiger partial charge < -0.3 is 0 Å². The number of benzene rings is 3. The molecule has 4 aromatic rings. The first kappa shape index (κ1) is 16.7. The van der Waals surface area contributed by atoms with Crippen LogP contribution in [0.2, 0.25) is 0 Å². The number of hydrogen-bond donors (Lipinski definition) is 0. The van der Waals surface area contributed by atoms with Crippen molar-refractivity contribution in [2.24, 2.45) is 0 Å². The van der Waals surface area contributed by atoms with Crippen LogP contribution in [-0.4, -0.2) is 9.97 Å². The largest absolute Gasteiger partial charge is 0.228 e. The Kier molecular flexibility index (Phi) is 4.63. The van der Waals surface area contributed by atoms with Crippen molar-refractivity contribution in [2.45, 2.75) is 6.92 Å². The summed E-state index contributed by atoms with van der Waals surface area (Å²) >= 11 is 3.54. The number of hydrogen-bond acceptors (Lipinski definition) is 2. The van der Waals surface area contributed by atoms with Gasteiger partial charge in [0.1, 0.15) is 0 Å². The van der Waals surface area contributed by atoms with Crippen LogP contribution >= 0.6 is 15.9 Å². The van der Waals surface area contributed by atoms with Crippen LogP contribution in [0.5, 0.6) is 0 Å². The van der Waals surface area contributed by atoms with E-state index >= 15 is 0 Å². The Bertz CT molecular complexity index is 1060. The minimum atomic E-state index is 0.728. The molecule has 0 aliphatic rings. The maximum absolute atomic E-state index is 4.87. The van der Waals surface area contributed by atoms with Crippen LogP contribution in [0.25, 0.3) is 33.9 Å². The fourth-order valence-corrected chi connectivity index (χ4v) is 3.36. The summed E-state index contributed by atoms with van der Waals surface area (Å²) in [6.07, 6.45) is 0. The predicted octanol–water partition coefficient (Wildman–Crippen LogP) is 6.55. The first-order valence-corrected chi connectivity index (χ1v) is 9.26. The van der Waals surface area contributed by atoms with Gasteiger partial charge >= 0.3 is 0 Å². The molecule has 0 N–H and O–H groups in total. The third-order valence-electron chi connectivity index (χ3n) is 4.30. The Labute approximate surface area is 161 Å². The van der Waals surface area contributed by atoms with Crippen LogP contribution in [0.1, 0.15) is 5.56 Å². The maximum atomic E-state index is 4.87. The Morgan fingerprint density at radius 3 is 2.12 bits per heavy atom. The summed E-state index contributed by atoms with van der Waals surface area (Å²) < 4.78 is 1.01. The van der Waals surface area contributed by atoms with E-state index in [2.05, 4.69) is 53.2 Å². The van der Waals surface area contributed by atoms with Crippen molar-refractivity contribution >= 4 is 15.9 Å². The minimum absolute atomic E-state index is 0.728. The van der Waals surface area contributed by atoms with Crippen molar-refractivity contribution in [1.29, 1.82) is 0 Å². The fraction of sp³-hybridized carbons (Fsp3) is 0.0435. The first-order valence-electron chi connectivity index (χ1n) is 8.47. The van der Waals surface area contributed by atoms with Gasteiger partial charge in [-0.25, -0.2) is 9.97 Å². The van der Waals surface area contributed by atoms with Gasteiger partial charge in [-0.3, -0.25) is 0 Å². The summed E-state index contributed by atoms with van der Waals surface area (Å²) in [6.45, 7) is 2.11. The molecule has 0 saturated heterocycles. The Hall–Kier alpha value is -2.78. The lowest BCUT2D eigenvalue weighted by Crippen LogP contribution is -1.96. The van der Waals surface area contributed by atoms with Crippen molar-refractivity contribution in [3.63, 3.8) is 0 Å². The number of rotatable bonds is 3. The average Bonchev–Trinajstić information content (AvgIpc) is 2.69. The lowest BCUT2D eigenvalue weighted by Gasteiger charge is -2.11. The lowest BCUT2D eigenvalue weighted by atomic mass is 10.0. The van der Waals surface area contributed by atoms with Crippen molar-refractivity contribution in [2.75, 3.05) is 0 Å². The molecule has 1 heterocycles. The van der Waals surface area contributed by atoms with Crippen molar-refractivity contribution in [3.05, 3.63) is 95.0 Å². The molecule has 0 unspecified atom stereocenters. The van der Waals surface area contributed by atoms with Crippen molar-refractivity contribution in [3.8, 4) is 33.9 Å². The summed E-state index contributed by atoms with van der Waals surface area (Å²) in [5.74, 6) is 0.728.